The SMILES string of the molecule is COC(=O)C1C2C=CC3/C2=C/c2c(ccc4ccccc24)OCC31. The first-order chi connectivity index (χ1) is 11.8. The molecule has 1 heterocycles. The number of rotatable bonds is 1. The van der Waals surface area contributed by atoms with Gasteiger partial charge in [-0.25, -0.2) is 0 Å². The fourth-order valence-electron chi connectivity index (χ4n) is 4.65. The van der Waals surface area contributed by atoms with E-state index in [9.17, 15) is 4.79 Å². The van der Waals surface area contributed by atoms with Crippen LogP contribution in [0.2, 0.25) is 0 Å². The summed E-state index contributed by atoms with van der Waals surface area (Å²) >= 11 is 0. The van der Waals surface area contributed by atoms with Crippen LogP contribution in [0.25, 0.3) is 16.8 Å². The molecule has 3 heteroatoms. The second-order valence-electron chi connectivity index (χ2n) is 6.80. The van der Waals surface area contributed by atoms with Gasteiger partial charge < -0.3 is 9.47 Å². The molecule has 2 aromatic rings. The van der Waals surface area contributed by atoms with E-state index in [0.29, 0.717) is 6.61 Å². The van der Waals surface area contributed by atoms with Crippen LogP contribution in [0.4, 0.5) is 0 Å². The molecule has 0 amide bonds. The van der Waals surface area contributed by atoms with Crippen molar-refractivity contribution in [1.29, 1.82) is 0 Å². The van der Waals surface area contributed by atoms with Crippen LogP contribution in [-0.4, -0.2) is 19.7 Å². The molecule has 4 bridgehead atoms. The molecule has 1 fully saturated rings. The third-order valence-corrected chi connectivity index (χ3v) is 5.75. The molecule has 1 saturated carbocycles. The molecule has 2 aliphatic carbocycles. The Morgan fingerprint density at radius 3 is 2.83 bits per heavy atom. The quantitative estimate of drug-likeness (QED) is 0.592. The van der Waals surface area contributed by atoms with Crippen molar-refractivity contribution in [3.05, 3.63) is 59.7 Å². The Labute approximate surface area is 140 Å². The van der Waals surface area contributed by atoms with Crippen LogP contribution in [-0.2, 0) is 9.53 Å². The molecular weight excluding hydrogens is 300 g/mol. The summed E-state index contributed by atoms with van der Waals surface area (Å²) in [5, 5.41) is 2.40. The Bertz CT molecular complexity index is 908. The maximum Gasteiger partial charge on any atom is 0.310 e. The van der Waals surface area contributed by atoms with E-state index in [0.717, 1.165) is 11.3 Å². The van der Waals surface area contributed by atoms with Gasteiger partial charge in [-0.1, -0.05) is 54.1 Å². The summed E-state index contributed by atoms with van der Waals surface area (Å²) in [6.07, 6.45) is 6.66. The van der Waals surface area contributed by atoms with Crippen LogP contribution in [0.1, 0.15) is 5.56 Å². The molecule has 120 valence electrons. The highest BCUT2D eigenvalue weighted by Crippen LogP contribution is 2.54. The van der Waals surface area contributed by atoms with E-state index in [1.54, 1.807) is 0 Å². The molecule has 4 unspecified atom stereocenters. The number of allylic oxidation sites excluding steroid dienone is 3. The summed E-state index contributed by atoms with van der Waals surface area (Å²) < 4.78 is 11.2. The zero-order chi connectivity index (χ0) is 16.3. The molecule has 0 aromatic heterocycles. The van der Waals surface area contributed by atoms with Gasteiger partial charge in [-0.15, -0.1) is 0 Å². The number of ether oxygens (including phenoxy) is 2. The van der Waals surface area contributed by atoms with Crippen molar-refractivity contribution < 1.29 is 14.3 Å². The molecule has 5 rings (SSSR count). The molecular formula is C21H18O3. The summed E-state index contributed by atoms with van der Waals surface area (Å²) in [5.74, 6) is 1.24. The van der Waals surface area contributed by atoms with E-state index in [2.05, 4.69) is 48.6 Å². The van der Waals surface area contributed by atoms with E-state index < -0.39 is 0 Å². The fourth-order valence-corrected chi connectivity index (χ4v) is 4.65. The van der Waals surface area contributed by atoms with Gasteiger partial charge in [-0.2, -0.15) is 0 Å². The summed E-state index contributed by atoms with van der Waals surface area (Å²) in [5.41, 5.74) is 2.46. The fraction of sp³-hybridized carbons (Fsp3) is 0.286. The molecule has 0 spiro atoms. The van der Waals surface area contributed by atoms with Gasteiger partial charge in [0.2, 0.25) is 0 Å². The lowest BCUT2D eigenvalue weighted by molar-refractivity contribution is -0.148. The number of hydrogen-bond acceptors (Lipinski definition) is 3. The molecule has 0 saturated heterocycles. The minimum atomic E-state index is -0.128. The van der Waals surface area contributed by atoms with Crippen LogP contribution in [0, 0.1) is 23.7 Å². The van der Waals surface area contributed by atoms with Crippen molar-refractivity contribution >= 4 is 22.8 Å². The third-order valence-electron chi connectivity index (χ3n) is 5.75. The second-order valence-corrected chi connectivity index (χ2v) is 6.80. The maximum atomic E-state index is 12.3. The van der Waals surface area contributed by atoms with Crippen LogP contribution in [0.5, 0.6) is 5.75 Å². The molecule has 3 aliphatic rings. The average Bonchev–Trinajstić information content (AvgIpc) is 3.14. The number of methoxy groups -OCH3 is 1. The predicted molar refractivity (Wildman–Crippen MR) is 92.5 cm³/mol. The van der Waals surface area contributed by atoms with E-state index in [-0.39, 0.29) is 29.6 Å². The minimum Gasteiger partial charge on any atom is -0.493 e. The van der Waals surface area contributed by atoms with Crippen molar-refractivity contribution in [3.8, 4) is 5.75 Å². The van der Waals surface area contributed by atoms with E-state index in [4.69, 9.17) is 9.47 Å². The van der Waals surface area contributed by atoms with Crippen molar-refractivity contribution in [1.82, 2.24) is 0 Å². The largest absolute Gasteiger partial charge is 0.493 e. The number of fused-ring (bicyclic) bond motifs is 3. The molecule has 1 aliphatic heterocycles. The minimum absolute atomic E-state index is 0.123. The Morgan fingerprint density at radius 2 is 1.96 bits per heavy atom. The van der Waals surface area contributed by atoms with E-state index >= 15 is 0 Å². The van der Waals surface area contributed by atoms with Gasteiger partial charge in [0.25, 0.3) is 0 Å². The number of esters is 1. The monoisotopic (exact) mass is 318 g/mol. The van der Waals surface area contributed by atoms with Crippen molar-refractivity contribution in [2.75, 3.05) is 13.7 Å². The first kappa shape index (κ1) is 13.8. The van der Waals surface area contributed by atoms with Crippen LogP contribution in [0.15, 0.2) is 54.1 Å². The average molecular weight is 318 g/mol. The first-order valence-electron chi connectivity index (χ1n) is 8.40. The lowest BCUT2D eigenvalue weighted by atomic mass is 9.83. The van der Waals surface area contributed by atoms with Gasteiger partial charge in [-0.05, 0) is 16.8 Å². The predicted octanol–water partition coefficient (Wildman–Crippen LogP) is 3.84. The number of benzene rings is 2. The highest BCUT2D eigenvalue weighted by molar-refractivity contribution is 5.94. The first-order valence-corrected chi connectivity index (χ1v) is 8.40. The van der Waals surface area contributed by atoms with Gasteiger partial charge in [-0.3, -0.25) is 4.79 Å². The molecule has 24 heavy (non-hydrogen) atoms. The lowest BCUT2D eigenvalue weighted by Gasteiger charge is -2.26. The van der Waals surface area contributed by atoms with Crippen molar-refractivity contribution in [2.45, 2.75) is 0 Å². The van der Waals surface area contributed by atoms with Crippen molar-refractivity contribution in [3.63, 3.8) is 0 Å². The molecule has 2 aromatic carbocycles. The number of carbonyl (C=O) groups excluding carboxylic acids is 1. The Kier molecular flexibility index (Phi) is 2.87. The summed E-state index contributed by atoms with van der Waals surface area (Å²) in [6.45, 7) is 0.550. The highest BCUT2D eigenvalue weighted by Gasteiger charge is 2.52. The maximum absolute atomic E-state index is 12.3. The molecule has 0 radical (unpaired) electrons. The third kappa shape index (κ3) is 1.75. The van der Waals surface area contributed by atoms with Crippen molar-refractivity contribution in [2.24, 2.45) is 23.7 Å². The van der Waals surface area contributed by atoms with Gasteiger partial charge in [0.1, 0.15) is 5.75 Å². The summed E-state index contributed by atoms with van der Waals surface area (Å²) in [6, 6.07) is 12.5. The Balaban J connectivity index is 1.71. The molecule has 4 atom stereocenters. The summed E-state index contributed by atoms with van der Waals surface area (Å²) in [4.78, 5) is 12.3. The van der Waals surface area contributed by atoms with Gasteiger partial charge >= 0.3 is 5.97 Å². The standard InChI is InChI=1S/C21H18O3/c1-23-21(22)20-15-8-7-14-16(15)10-17-13-5-3-2-4-12(13)6-9-19(17)24-11-18(14)20/h2-10,14-15,18,20H,11H2,1H3/b16-10-. The molecule has 3 nitrogen and oxygen atoms in total. The summed E-state index contributed by atoms with van der Waals surface area (Å²) in [7, 11) is 1.47. The van der Waals surface area contributed by atoms with E-state index in [1.807, 2.05) is 6.07 Å². The van der Waals surface area contributed by atoms with Crippen LogP contribution in [0.3, 0.4) is 0 Å². The number of hydrogen-bond donors (Lipinski definition) is 0. The highest BCUT2D eigenvalue weighted by atomic mass is 16.5. The van der Waals surface area contributed by atoms with Gasteiger partial charge in [0.15, 0.2) is 0 Å². The lowest BCUT2D eigenvalue weighted by Crippen LogP contribution is -2.32. The second kappa shape index (κ2) is 4.97. The Morgan fingerprint density at radius 1 is 1.12 bits per heavy atom. The normalized spacial score (nSPS) is 31.6. The molecule has 0 N–H and O–H groups in total. The smallest absolute Gasteiger partial charge is 0.310 e. The zero-order valence-electron chi connectivity index (χ0n) is 13.4. The topological polar surface area (TPSA) is 35.5 Å². The number of carbonyl (C=O) groups is 1. The van der Waals surface area contributed by atoms with E-state index in [1.165, 1.54) is 23.5 Å². The zero-order valence-corrected chi connectivity index (χ0v) is 13.4. The van der Waals surface area contributed by atoms with Crippen LogP contribution >= 0.6 is 0 Å². The van der Waals surface area contributed by atoms with Gasteiger partial charge in [0, 0.05) is 23.3 Å². The van der Waals surface area contributed by atoms with Gasteiger partial charge in [0.05, 0.1) is 19.6 Å². The Hall–Kier alpha value is -2.55. The van der Waals surface area contributed by atoms with Crippen LogP contribution < -0.4 is 4.74 Å².